The van der Waals surface area contributed by atoms with Crippen LogP contribution >= 0.6 is 0 Å². The Morgan fingerprint density at radius 3 is 2.19 bits per heavy atom. The van der Waals surface area contributed by atoms with Gasteiger partial charge in [-0.1, -0.05) is 78.8 Å². The highest BCUT2D eigenvalue weighted by atomic mass is 16.7. The third kappa shape index (κ3) is 10.6. The summed E-state index contributed by atoms with van der Waals surface area (Å²) in [5.74, 6) is -7.59. The molecule has 1 aromatic rings. The van der Waals surface area contributed by atoms with Gasteiger partial charge < -0.3 is 63.8 Å². The molecule has 6 heterocycles. The molecule has 0 bridgehead atoms. The van der Waals surface area contributed by atoms with Gasteiger partial charge in [0.2, 0.25) is 0 Å². The fourth-order valence-corrected chi connectivity index (χ4v) is 13.2. The summed E-state index contributed by atoms with van der Waals surface area (Å²) in [4.78, 5) is 13.1. The minimum absolute atomic E-state index is 0.0461. The summed E-state index contributed by atoms with van der Waals surface area (Å²) in [5.41, 5.74) is -2.09. The maximum Gasteiger partial charge on any atom is 0.311 e. The molecule has 0 saturated carbocycles. The van der Waals surface area contributed by atoms with Crippen molar-refractivity contribution in [3.05, 3.63) is 35.9 Å². The molecule has 22 atom stereocenters. The molecule has 0 spiro atoms. The molecular formula is C54H88O14. The number of rotatable bonds is 15. The molecule has 6 fully saturated rings. The van der Waals surface area contributed by atoms with Crippen molar-refractivity contribution in [2.45, 2.75) is 255 Å². The van der Waals surface area contributed by atoms with Gasteiger partial charge in [-0.15, -0.1) is 0 Å². The maximum atomic E-state index is 13.1. The van der Waals surface area contributed by atoms with Gasteiger partial charge in [-0.2, -0.15) is 0 Å². The Hall–Kier alpha value is -1.79. The predicted octanol–water partition coefficient (Wildman–Crippen LogP) is 7.09. The van der Waals surface area contributed by atoms with Crippen LogP contribution in [-0.4, -0.2) is 126 Å². The average Bonchev–Trinajstić information content (AvgIpc) is 3.82. The molecule has 0 aromatic heterocycles. The molecule has 6 aliphatic rings. The third-order valence-corrected chi connectivity index (χ3v) is 18.2. The number of hydrogen-bond donors (Lipinski definition) is 6. The fraction of sp³-hybridized carbons (Fsp3) is 0.870. The third-order valence-electron chi connectivity index (χ3n) is 18.2. The highest BCUT2D eigenvalue weighted by Gasteiger charge is 2.67. The van der Waals surface area contributed by atoms with E-state index in [2.05, 4.69) is 6.92 Å². The van der Waals surface area contributed by atoms with Crippen molar-refractivity contribution in [1.29, 1.82) is 0 Å². The first-order valence-electron chi connectivity index (χ1n) is 26.3. The van der Waals surface area contributed by atoms with Crippen LogP contribution in [0.15, 0.2) is 30.3 Å². The largest absolute Gasteiger partial charge is 0.461 e. The van der Waals surface area contributed by atoms with Crippen LogP contribution in [-0.2, 0) is 44.6 Å². The zero-order valence-corrected chi connectivity index (χ0v) is 43.0. The van der Waals surface area contributed by atoms with Gasteiger partial charge in [0.25, 0.3) is 0 Å². The van der Waals surface area contributed by atoms with Crippen molar-refractivity contribution in [3.63, 3.8) is 0 Å². The van der Waals surface area contributed by atoms with E-state index in [0.29, 0.717) is 64.2 Å². The summed E-state index contributed by atoms with van der Waals surface area (Å²) < 4.78 is 45.1. The van der Waals surface area contributed by atoms with Crippen molar-refractivity contribution in [3.8, 4) is 0 Å². The Labute approximate surface area is 406 Å². The summed E-state index contributed by atoms with van der Waals surface area (Å²) in [6.07, 6.45) is 1.18. The summed E-state index contributed by atoms with van der Waals surface area (Å²) in [6.45, 7) is 21.4. The lowest BCUT2D eigenvalue weighted by atomic mass is 9.76. The molecule has 6 aliphatic heterocycles. The van der Waals surface area contributed by atoms with E-state index in [4.69, 9.17) is 33.2 Å². The first kappa shape index (κ1) is 54.0. The molecule has 1 aromatic carbocycles. The minimum atomic E-state index is -2.03. The van der Waals surface area contributed by atoms with Crippen LogP contribution < -0.4 is 0 Å². The van der Waals surface area contributed by atoms with Crippen molar-refractivity contribution in [1.82, 2.24) is 0 Å². The lowest BCUT2D eigenvalue weighted by Crippen LogP contribution is -2.63. The van der Waals surface area contributed by atoms with Crippen molar-refractivity contribution in [2.75, 3.05) is 0 Å². The van der Waals surface area contributed by atoms with Gasteiger partial charge in [-0.25, -0.2) is 0 Å². The monoisotopic (exact) mass is 961 g/mol. The van der Waals surface area contributed by atoms with Crippen LogP contribution in [0.2, 0.25) is 0 Å². The number of carbonyl (C=O) groups is 1. The highest BCUT2D eigenvalue weighted by molar-refractivity contribution is 5.72. The lowest BCUT2D eigenvalue weighted by Gasteiger charge is -2.52. The van der Waals surface area contributed by atoms with Gasteiger partial charge in [0.15, 0.2) is 17.4 Å². The molecule has 14 heteroatoms. The highest BCUT2D eigenvalue weighted by Crippen LogP contribution is 2.56. The lowest BCUT2D eigenvalue weighted by molar-refractivity contribution is -0.373. The van der Waals surface area contributed by atoms with Gasteiger partial charge in [-0.3, -0.25) is 4.79 Å². The van der Waals surface area contributed by atoms with Gasteiger partial charge in [-0.05, 0) is 122 Å². The first-order chi connectivity index (χ1) is 31.8. The number of ether oxygens (including phenoxy) is 7. The molecule has 0 radical (unpaired) electrons. The molecule has 0 aliphatic carbocycles. The van der Waals surface area contributed by atoms with Crippen LogP contribution in [0.5, 0.6) is 0 Å². The zero-order chi connectivity index (χ0) is 49.8. The molecule has 7 rings (SSSR count). The van der Waals surface area contributed by atoms with Crippen LogP contribution in [0, 0.1) is 41.4 Å². The molecule has 0 amide bonds. The van der Waals surface area contributed by atoms with Gasteiger partial charge in [0, 0.05) is 30.1 Å². The zero-order valence-electron chi connectivity index (χ0n) is 43.0. The number of carbonyl (C=O) groups excluding carboxylic acids is 1. The van der Waals surface area contributed by atoms with Gasteiger partial charge in [0.05, 0.1) is 66.0 Å². The molecule has 6 saturated heterocycles. The van der Waals surface area contributed by atoms with Gasteiger partial charge in [0.1, 0.15) is 18.3 Å². The van der Waals surface area contributed by atoms with Crippen LogP contribution in [0.3, 0.4) is 0 Å². The number of esters is 1. The molecular weight excluding hydrogens is 873 g/mol. The minimum Gasteiger partial charge on any atom is -0.461 e. The summed E-state index contributed by atoms with van der Waals surface area (Å²) in [5, 5.41) is 71.9. The van der Waals surface area contributed by atoms with E-state index < -0.39 is 76.5 Å². The Balaban J connectivity index is 0.954. The number of benzene rings is 1. The molecule has 6 N–H and O–H groups in total. The molecule has 14 nitrogen and oxygen atoms in total. The average molecular weight is 961 g/mol. The topological polar surface area (TPSA) is 203 Å². The Bertz CT molecular complexity index is 1830. The van der Waals surface area contributed by atoms with Crippen LogP contribution in [0.4, 0.5) is 0 Å². The Kier molecular flexibility index (Phi) is 16.4. The molecule has 0 unspecified atom stereocenters. The quantitative estimate of drug-likeness (QED) is 0.0973. The normalized spacial score (nSPS) is 47.5. The maximum absolute atomic E-state index is 13.1. The second kappa shape index (κ2) is 20.6. The fourth-order valence-electron chi connectivity index (χ4n) is 13.2. The Morgan fingerprint density at radius 2 is 1.50 bits per heavy atom. The van der Waals surface area contributed by atoms with E-state index in [1.807, 2.05) is 92.6 Å². The van der Waals surface area contributed by atoms with E-state index in [9.17, 15) is 35.4 Å². The van der Waals surface area contributed by atoms with E-state index >= 15 is 0 Å². The van der Waals surface area contributed by atoms with E-state index in [1.165, 1.54) is 0 Å². The van der Waals surface area contributed by atoms with Crippen molar-refractivity contribution in [2.24, 2.45) is 41.4 Å². The SMILES string of the molecule is CC[C@@H]1O[C@@H]([C@]2(C)C[C@@H](C)[C@](O)([C@]3(C)CC[C@@H]([C@@H](O)[C@]4(O)O[C@H](C[C@@]5(O)O[C@@H]([C@@H](C)[C@H](O)C[C@H]6CC[C@H](C)[C@@H]([C@@H](C)C(=O)OCc7ccccc7)O6)CC[C@@H]5C)[C@@H](C)C[C@H]4C)O3)O2)CC[C@@]1(C)O. The predicted molar refractivity (Wildman–Crippen MR) is 253 cm³/mol. The molecule has 68 heavy (non-hydrogen) atoms. The summed E-state index contributed by atoms with van der Waals surface area (Å²) in [7, 11) is 0. The second-order valence-corrected chi connectivity index (χ2v) is 23.5. The number of aliphatic hydroxyl groups is 6. The second-order valence-electron chi connectivity index (χ2n) is 23.5. The molecule has 388 valence electrons. The van der Waals surface area contributed by atoms with Crippen LogP contribution in [0.25, 0.3) is 0 Å². The van der Waals surface area contributed by atoms with E-state index in [-0.39, 0.29) is 73.0 Å². The smallest absolute Gasteiger partial charge is 0.311 e. The standard InChI is InChI=1S/C54H88O14/c1-12-44-49(9,58)24-23-45(64-44)50(10)28-35(6)54(61,68-50)51(11)25-22-42(65-51)47(56)53(60)34(5)26-32(3)43(67-53)29-52(59)33(4)19-21-41(66-52)36(7)40(55)27-39-20-18-31(2)46(63-39)37(8)48(57)62-30-38-16-14-13-15-17-38/h13-17,31-37,39-47,55-56,58-61H,12,18-30H2,1-11H3/t31-,32-,33-,34+,35+,36-,37+,39+,40+,41+,42-,43+,44-,45+,46-,47+,49+,50-,51-,52+,53+,54+/m0/s1. The summed E-state index contributed by atoms with van der Waals surface area (Å²) in [6, 6.07) is 9.59. The number of hydrogen-bond acceptors (Lipinski definition) is 14. The Morgan fingerprint density at radius 1 is 0.794 bits per heavy atom. The summed E-state index contributed by atoms with van der Waals surface area (Å²) >= 11 is 0. The van der Waals surface area contributed by atoms with Crippen molar-refractivity contribution >= 4 is 5.97 Å². The van der Waals surface area contributed by atoms with E-state index in [1.54, 1.807) is 6.92 Å². The van der Waals surface area contributed by atoms with E-state index in [0.717, 1.165) is 18.4 Å². The first-order valence-corrected chi connectivity index (χ1v) is 26.3. The van der Waals surface area contributed by atoms with Crippen LogP contribution in [0.1, 0.15) is 165 Å². The van der Waals surface area contributed by atoms with Gasteiger partial charge >= 0.3 is 5.97 Å². The van der Waals surface area contributed by atoms with Crippen molar-refractivity contribution < 1.29 is 68.6 Å². The number of aliphatic hydroxyl groups excluding tert-OH is 2.